The summed E-state index contributed by atoms with van der Waals surface area (Å²) in [5.74, 6) is 0.434. The molecule has 0 spiro atoms. The predicted octanol–water partition coefficient (Wildman–Crippen LogP) is 4.71. The number of hydrogen-bond donors (Lipinski definition) is 2. The lowest BCUT2D eigenvalue weighted by Gasteiger charge is -2.26. The lowest BCUT2D eigenvalue weighted by Crippen LogP contribution is -2.46. The van der Waals surface area contributed by atoms with Gasteiger partial charge in [-0.25, -0.2) is 19.8 Å². The van der Waals surface area contributed by atoms with Gasteiger partial charge in [0.15, 0.2) is 5.82 Å². The molecule has 2 aromatic heterocycles. The molecule has 1 aliphatic rings. The van der Waals surface area contributed by atoms with Crippen molar-refractivity contribution in [3.05, 3.63) is 70.1 Å². The molecule has 3 heterocycles. The van der Waals surface area contributed by atoms with Crippen LogP contribution in [0.1, 0.15) is 30.8 Å². The Kier molecular flexibility index (Phi) is 7.36. The highest BCUT2D eigenvalue weighted by molar-refractivity contribution is 6.31. The number of carbonyl (C=O) groups is 1. The monoisotopic (exact) mass is 524 g/mol. The average molecular weight is 525 g/mol. The van der Waals surface area contributed by atoms with Gasteiger partial charge in [-0.3, -0.25) is 5.43 Å². The van der Waals surface area contributed by atoms with Gasteiger partial charge in [0.2, 0.25) is 5.88 Å². The van der Waals surface area contributed by atoms with E-state index in [1.807, 2.05) is 29.3 Å². The lowest BCUT2D eigenvalue weighted by atomic mass is 10.0. The Morgan fingerprint density at radius 2 is 1.53 bits per heavy atom. The molecule has 0 aliphatic carbocycles. The van der Waals surface area contributed by atoms with Crippen LogP contribution in [0.3, 0.4) is 0 Å². The Morgan fingerprint density at radius 3 is 2.11 bits per heavy atom. The fourth-order valence-corrected chi connectivity index (χ4v) is 4.17. The Balaban J connectivity index is 1.57. The van der Waals surface area contributed by atoms with Gasteiger partial charge in [0, 0.05) is 34.3 Å². The first-order chi connectivity index (χ1) is 17.5. The van der Waals surface area contributed by atoms with E-state index in [9.17, 15) is 4.79 Å². The number of carbonyl (C=O) groups excluding carboxylic acids is 1. The molecule has 36 heavy (non-hydrogen) atoms. The number of amides is 1. The SMILES string of the molecule is O=C(NN1CCCCC1)Oc1nc(-c2ccc(Cl)cc2)c(-c2ccc(Cl)cc2)nc1Cc1nn[nH]n1. The highest BCUT2D eigenvalue weighted by Crippen LogP contribution is 2.34. The van der Waals surface area contributed by atoms with Gasteiger partial charge in [-0.05, 0) is 37.1 Å². The highest BCUT2D eigenvalue weighted by Gasteiger charge is 2.22. The molecule has 0 atom stereocenters. The number of halogens is 2. The standard InChI is InChI=1S/C24H22Cl2N8O2/c25-17-8-4-15(5-9-17)21-22(16-6-10-18(26)11-7-16)28-23(19(27-21)14-20-29-32-33-30-20)36-24(35)31-34-12-2-1-3-13-34/h4-11H,1-3,12-14H2,(H,31,35)(H,29,30,32,33). The molecule has 1 aliphatic heterocycles. The average Bonchev–Trinajstić information content (AvgIpc) is 3.40. The van der Waals surface area contributed by atoms with Crippen molar-refractivity contribution in [3.63, 3.8) is 0 Å². The Bertz CT molecular complexity index is 1330. The van der Waals surface area contributed by atoms with Crippen LogP contribution in [0.5, 0.6) is 5.88 Å². The van der Waals surface area contributed by atoms with Crippen LogP contribution in [-0.2, 0) is 6.42 Å². The molecule has 0 unspecified atom stereocenters. The van der Waals surface area contributed by atoms with Crippen molar-refractivity contribution < 1.29 is 9.53 Å². The van der Waals surface area contributed by atoms with E-state index >= 15 is 0 Å². The largest absolute Gasteiger partial charge is 0.428 e. The second-order valence-electron chi connectivity index (χ2n) is 8.24. The topological polar surface area (TPSA) is 122 Å². The zero-order chi connectivity index (χ0) is 24.9. The lowest BCUT2D eigenvalue weighted by molar-refractivity contribution is 0.127. The summed E-state index contributed by atoms with van der Waals surface area (Å²) < 4.78 is 5.69. The van der Waals surface area contributed by atoms with E-state index in [0.717, 1.165) is 43.5 Å². The van der Waals surface area contributed by atoms with E-state index in [2.05, 4.69) is 26.0 Å². The minimum absolute atomic E-state index is 0.0528. The van der Waals surface area contributed by atoms with Crippen molar-refractivity contribution in [3.8, 4) is 28.4 Å². The van der Waals surface area contributed by atoms with Crippen LogP contribution >= 0.6 is 23.2 Å². The summed E-state index contributed by atoms with van der Waals surface area (Å²) in [6, 6.07) is 14.5. The maximum absolute atomic E-state index is 12.8. The van der Waals surface area contributed by atoms with Gasteiger partial charge in [-0.1, -0.05) is 59.1 Å². The van der Waals surface area contributed by atoms with Crippen molar-refractivity contribution in [2.45, 2.75) is 25.7 Å². The number of nitrogens with one attached hydrogen (secondary N) is 2. The number of piperidine rings is 1. The molecule has 0 saturated carbocycles. The minimum atomic E-state index is -0.637. The summed E-state index contributed by atoms with van der Waals surface area (Å²) in [4.78, 5) is 22.4. The molecule has 2 aromatic carbocycles. The van der Waals surface area contributed by atoms with E-state index in [4.69, 9.17) is 37.9 Å². The number of hydrogen-bond acceptors (Lipinski definition) is 8. The summed E-state index contributed by atoms with van der Waals surface area (Å²) in [5.41, 5.74) is 5.82. The van der Waals surface area contributed by atoms with E-state index in [0.29, 0.717) is 33.0 Å². The zero-order valence-corrected chi connectivity index (χ0v) is 20.6. The van der Waals surface area contributed by atoms with Crippen LogP contribution < -0.4 is 10.2 Å². The second-order valence-corrected chi connectivity index (χ2v) is 9.11. The number of aromatic nitrogens is 6. The first-order valence-corrected chi connectivity index (χ1v) is 12.2. The first kappa shape index (κ1) is 24.1. The number of hydrazine groups is 1. The number of tetrazole rings is 1. The van der Waals surface area contributed by atoms with Crippen LogP contribution in [0, 0.1) is 0 Å². The van der Waals surface area contributed by atoms with E-state index in [-0.39, 0.29) is 12.3 Å². The molecule has 5 rings (SSSR count). The number of nitrogens with zero attached hydrogens (tertiary/aromatic N) is 6. The number of aromatic amines is 1. The summed E-state index contributed by atoms with van der Waals surface area (Å²) in [5, 5.41) is 17.1. The predicted molar refractivity (Wildman–Crippen MR) is 134 cm³/mol. The van der Waals surface area contributed by atoms with E-state index in [1.165, 1.54) is 0 Å². The molecule has 1 fully saturated rings. The number of rotatable bonds is 6. The molecule has 10 nitrogen and oxygen atoms in total. The Labute approximate surface area is 217 Å². The van der Waals surface area contributed by atoms with Gasteiger partial charge < -0.3 is 4.74 Å². The maximum atomic E-state index is 12.8. The summed E-state index contributed by atoms with van der Waals surface area (Å²) in [6.07, 6.45) is 2.68. The fourth-order valence-electron chi connectivity index (χ4n) is 3.92. The molecule has 4 aromatic rings. The third kappa shape index (κ3) is 5.78. The maximum Gasteiger partial charge on any atom is 0.428 e. The van der Waals surface area contributed by atoms with Crippen LogP contribution in [0.15, 0.2) is 48.5 Å². The van der Waals surface area contributed by atoms with Gasteiger partial charge in [-0.15, -0.1) is 10.2 Å². The van der Waals surface area contributed by atoms with Crippen molar-refractivity contribution >= 4 is 29.3 Å². The van der Waals surface area contributed by atoms with E-state index in [1.54, 1.807) is 24.3 Å². The van der Waals surface area contributed by atoms with Gasteiger partial charge in [0.1, 0.15) is 11.4 Å². The van der Waals surface area contributed by atoms with Gasteiger partial charge in [-0.2, -0.15) is 5.21 Å². The summed E-state index contributed by atoms with van der Waals surface area (Å²) in [7, 11) is 0. The first-order valence-electron chi connectivity index (χ1n) is 11.4. The van der Waals surface area contributed by atoms with Crippen molar-refractivity contribution in [2.75, 3.05) is 13.1 Å². The quantitative estimate of drug-likeness (QED) is 0.371. The molecule has 0 bridgehead atoms. The number of benzene rings is 2. The molecule has 184 valence electrons. The van der Waals surface area contributed by atoms with Gasteiger partial charge in [0.05, 0.1) is 12.1 Å². The molecular formula is C24H22Cl2N8O2. The summed E-state index contributed by atoms with van der Waals surface area (Å²) in [6.45, 7) is 1.53. The third-order valence-electron chi connectivity index (χ3n) is 5.68. The van der Waals surface area contributed by atoms with Crippen LogP contribution in [0.4, 0.5) is 4.79 Å². The van der Waals surface area contributed by atoms with E-state index < -0.39 is 6.09 Å². The Hall–Kier alpha value is -3.60. The van der Waals surface area contributed by atoms with Crippen molar-refractivity contribution in [1.29, 1.82) is 0 Å². The smallest absolute Gasteiger partial charge is 0.388 e. The molecular weight excluding hydrogens is 503 g/mol. The second kappa shape index (κ2) is 11.0. The molecule has 1 saturated heterocycles. The fraction of sp³-hybridized carbons (Fsp3) is 0.250. The molecule has 0 radical (unpaired) electrons. The van der Waals surface area contributed by atoms with Crippen molar-refractivity contribution in [1.82, 2.24) is 41.0 Å². The minimum Gasteiger partial charge on any atom is -0.388 e. The summed E-state index contributed by atoms with van der Waals surface area (Å²) >= 11 is 12.2. The van der Waals surface area contributed by atoms with Gasteiger partial charge in [0.25, 0.3) is 0 Å². The third-order valence-corrected chi connectivity index (χ3v) is 6.18. The molecule has 2 N–H and O–H groups in total. The molecule has 1 amide bonds. The van der Waals surface area contributed by atoms with Crippen LogP contribution in [0.2, 0.25) is 10.0 Å². The molecule has 12 heteroatoms. The highest BCUT2D eigenvalue weighted by atomic mass is 35.5. The van der Waals surface area contributed by atoms with Crippen molar-refractivity contribution in [2.24, 2.45) is 0 Å². The normalized spacial score (nSPS) is 13.9. The van der Waals surface area contributed by atoms with Crippen LogP contribution in [-0.4, -0.2) is 54.8 Å². The number of H-pyrrole nitrogens is 1. The van der Waals surface area contributed by atoms with Crippen LogP contribution in [0.25, 0.3) is 22.5 Å². The zero-order valence-electron chi connectivity index (χ0n) is 19.1. The Morgan fingerprint density at radius 1 is 0.917 bits per heavy atom. The van der Waals surface area contributed by atoms with Gasteiger partial charge >= 0.3 is 6.09 Å². The number of ether oxygens (including phenoxy) is 1.